The van der Waals surface area contributed by atoms with Crippen LogP contribution < -0.4 is 4.74 Å². The van der Waals surface area contributed by atoms with Crippen molar-refractivity contribution < 1.29 is 13.5 Å². The van der Waals surface area contributed by atoms with Gasteiger partial charge in [-0.15, -0.1) is 0 Å². The molecular formula is C15H14F2O. The van der Waals surface area contributed by atoms with Gasteiger partial charge in [0.05, 0.1) is 7.11 Å². The number of methoxy groups -OCH3 is 1. The zero-order valence-electron chi connectivity index (χ0n) is 10.3. The minimum absolute atomic E-state index is 0.111. The average molecular weight is 248 g/mol. The molecule has 0 amide bonds. The second kappa shape index (κ2) is 5.17. The first-order chi connectivity index (χ1) is 8.61. The maximum atomic E-state index is 13.8. The molecule has 2 aromatic rings. The molecule has 0 radical (unpaired) electrons. The van der Waals surface area contributed by atoms with Crippen LogP contribution in [0.4, 0.5) is 8.78 Å². The van der Waals surface area contributed by atoms with Crippen molar-refractivity contribution in [1.82, 2.24) is 0 Å². The van der Waals surface area contributed by atoms with Gasteiger partial charge in [0.1, 0.15) is 17.4 Å². The highest BCUT2D eigenvalue weighted by molar-refractivity contribution is 5.34. The Hall–Kier alpha value is -1.90. The van der Waals surface area contributed by atoms with Gasteiger partial charge in [-0.05, 0) is 36.2 Å². The third-order valence-electron chi connectivity index (χ3n) is 2.92. The molecule has 0 saturated heterocycles. The van der Waals surface area contributed by atoms with Gasteiger partial charge in [-0.25, -0.2) is 8.78 Å². The van der Waals surface area contributed by atoms with Crippen LogP contribution in [0.3, 0.4) is 0 Å². The monoisotopic (exact) mass is 248 g/mol. The molecule has 0 fully saturated rings. The first kappa shape index (κ1) is 12.6. The summed E-state index contributed by atoms with van der Waals surface area (Å²) in [6.45, 7) is 1.63. The SMILES string of the molecule is COc1ccc(Cc2c(F)ccc(C)c2F)cc1. The van der Waals surface area contributed by atoms with Gasteiger partial charge in [-0.3, -0.25) is 0 Å². The van der Waals surface area contributed by atoms with Gasteiger partial charge in [-0.1, -0.05) is 18.2 Å². The molecule has 1 nitrogen and oxygen atoms in total. The van der Waals surface area contributed by atoms with E-state index in [0.717, 1.165) is 11.3 Å². The summed E-state index contributed by atoms with van der Waals surface area (Å²) < 4.78 is 32.5. The number of ether oxygens (including phenoxy) is 1. The van der Waals surface area contributed by atoms with Crippen molar-refractivity contribution in [3.05, 3.63) is 64.7 Å². The van der Waals surface area contributed by atoms with E-state index >= 15 is 0 Å². The van der Waals surface area contributed by atoms with E-state index in [1.54, 1.807) is 38.3 Å². The molecule has 3 heteroatoms. The predicted molar refractivity (Wildman–Crippen MR) is 66.9 cm³/mol. The number of aryl methyl sites for hydroxylation is 1. The fourth-order valence-corrected chi connectivity index (χ4v) is 1.82. The first-order valence-corrected chi connectivity index (χ1v) is 5.68. The zero-order valence-corrected chi connectivity index (χ0v) is 10.3. The standard InChI is InChI=1S/C15H14F2O/c1-10-3-8-14(16)13(15(10)17)9-11-4-6-12(18-2)7-5-11/h3-8H,9H2,1-2H3. The lowest BCUT2D eigenvalue weighted by molar-refractivity contribution is 0.414. The third-order valence-corrected chi connectivity index (χ3v) is 2.92. The van der Waals surface area contributed by atoms with E-state index in [-0.39, 0.29) is 12.0 Å². The summed E-state index contributed by atoms with van der Waals surface area (Å²) in [6.07, 6.45) is 0.239. The van der Waals surface area contributed by atoms with Gasteiger partial charge in [0.15, 0.2) is 0 Å². The van der Waals surface area contributed by atoms with Gasteiger partial charge in [-0.2, -0.15) is 0 Å². The lowest BCUT2D eigenvalue weighted by Crippen LogP contribution is -1.99. The van der Waals surface area contributed by atoms with Crippen molar-refractivity contribution in [2.24, 2.45) is 0 Å². The van der Waals surface area contributed by atoms with Crippen LogP contribution in [-0.2, 0) is 6.42 Å². The topological polar surface area (TPSA) is 9.23 Å². The maximum Gasteiger partial charge on any atom is 0.132 e. The molecule has 94 valence electrons. The van der Waals surface area contributed by atoms with Gasteiger partial charge in [0.25, 0.3) is 0 Å². The molecule has 0 aromatic heterocycles. The van der Waals surface area contributed by atoms with Crippen LogP contribution in [0.25, 0.3) is 0 Å². The van der Waals surface area contributed by atoms with Crippen LogP contribution in [-0.4, -0.2) is 7.11 Å². The molecule has 0 N–H and O–H groups in total. The van der Waals surface area contributed by atoms with Crippen LogP contribution in [0.15, 0.2) is 36.4 Å². The minimum atomic E-state index is -0.506. The molecule has 0 bridgehead atoms. The minimum Gasteiger partial charge on any atom is -0.497 e. The molecule has 0 unspecified atom stereocenters. The number of hydrogen-bond acceptors (Lipinski definition) is 1. The summed E-state index contributed by atoms with van der Waals surface area (Å²) in [6, 6.07) is 9.92. The second-order valence-electron chi connectivity index (χ2n) is 4.18. The Balaban J connectivity index is 2.30. The number of rotatable bonds is 3. The van der Waals surface area contributed by atoms with E-state index in [0.29, 0.717) is 5.56 Å². The Kier molecular flexibility index (Phi) is 3.60. The summed E-state index contributed by atoms with van der Waals surface area (Å²) in [4.78, 5) is 0. The highest BCUT2D eigenvalue weighted by atomic mass is 19.1. The van der Waals surface area contributed by atoms with Crippen molar-refractivity contribution in [2.45, 2.75) is 13.3 Å². The Bertz CT molecular complexity index is 547. The molecule has 0 saturated carbocycles. The molecule has 0 aliphatic heterocycles. The van der Waals surface area contributed by atoms with Crippen LogP contribution >= 0.6 is 0 Å². The Morgan fingerprint density at radius 2 is 1.67 bits per heavy atom. The highest BCUT2D eigenvalue weighted by Crippen LogP contribution is 2.21. The predicted octanol–water partition coefficient (Wildman–Crippen LogP) is 3.87. The van der Waals surface area contributed by atoms with Crippen molar-refractivity contribution in [1.29, 1.82) is 0 Å². The van der Waals surface area contributed by atoms with Gasteiger partial charge in [0, 0.05) is 12.0 Å². The number of hydrogen-bond donors (Lipinski definition) is 0. The summed E-state index contributed by atoms with van der Waals surface area (Å²) in [5.74, 6) is -0.247. The fourth-order valence-electron chi connectivity index (χ4n) is 1.82. The van der Waals surface area contributed by atoms with Crippen LogP contribution in [0.5, 0.6) is 5.75 Å². The molecule has 0 aliphatic carbocycles. The highest BCUT2D eigenvalue weighted by Gasteiger charge is 2.11. The normalized spacial score (nSPS) is 10.4. The van der Waals surface area contributed by atoms with Crippen LogP contribution in [0.1, 0.15) is 16.7 Å². The van der Waals surface area contributed by atoms with E-state index in [1.807, 2.05) is 0 Å². The van der Waals surface area contributed by atoms with E-state index < -0.39 is 11.6 Å². The molecular weight excluding hydrogens is 234 g/mol. The third kappa shape index (κ3) is 2.50. The summed E-state index contributed by atoms with van der Waals surface area (Å²) >= 11 is 0. The molecule has 2 rings (SSSR count). The number of halogens is 2. The fraction of sp³-hybridized carbons (Fsp3) is 0.200. The molecule has 0 heterocycles. The number of benzene rings is 2. The van der Waals surface area contributed by atoms with Crippen molar-refractivity contribution in [3.63, 3.8) is 0 Å². The van der Waals surface area contributed by atoms with E-state index in [1.165, 1.54) is 12.1 Å². The van der Waals surface area contributed by atoms with E-state index in [2.05, 4.69) is 0 Å². The molecule has 18 heavy (non-hydrogen) atoms. The van der Waals surface area contributed by atoms with Gasteiger partial charge in [0.2, 0.25) is 0 Å². The van der Waals surface area contributed by atoms with E-state index in [9.17, 15) is 8.78 Å². The lowest BCUT2D eigenvalue weighted by Gasteiger charge is -2.08. The Morgan fingerprint density at radius 1 is 1.00 bits per heavy atom. The largest absolute Gasteiger partial charge is 0.497 e. The Labute approximate surface area is 105 Å². The maximum absolute atomic E-state index is 13.8. The summed E-state index contributed by atoms with van der Waals surface area (Å²) in [7, 11) is 1.58. The van der Waals surface area contributed by atoms with Crippen molar-refractivity contribution >= 4 is 0 Å². The molecule has 0 spiro atoms. The molecule has 0 aliphatic rings. The van der Waals surface area contributed by atoms with Gasteiger partial charge < -0.3 is 4.74 Å². The van der Waals surface area contributed by atoms with Crippen LogP contribution in [0.2, 0.25) is 0 Å². The quantitative estimate of drug-likeness (QED) is 0.801. The van der Waals surface area contributed by atoms with Gasteiger partial charge >= 0.3 is 0 Å². The van der Waals surface area contributed by atoms with Crippen molar-refractivity contribution in [3.8, 4) is 5.75 Å². The second-order valence-corrected chi connectivity index (χ2v) is 4.18. The smallest absolute Gasteiger partial charge is 0.132 e. The lowest BCUT2D eigenvalue weighted by atomic mass is 10.0. The van der Waals surface area contributed by atoms with E-state index in [4.69, 9.17) is 4.74 Å². The molecule has 0 atom stereocenters. The van der Waals surface area contributed by atoms with Crippen LogP contribution in [0, 0.1) is 18.6 Å². The summed E-state index contributed by atoms with van der Waals surface area (Å²) in [5.41, 5.74) is 1.42. The Morgan fingerprint density at radius 3 is 2.28 bits per heavy atom. The first-order valence-electron chi connectivity index (χ1n) is 5.68. The van der Waals surface area contributed by atoms with Crippen molar-refractivity contribution in [2.75, 3.05) is 7.11 Å². The zero-order chi connectivity index (χ0) is 13.1. The average Bonchev–Trinajstić information content (AvgIpc) is 2.40. The summed E-state index contributed by atoms with van der Waals surface area (Å²) in [5, 5.41) is 0. The molecule has 2 aromatic carbocycles.